The van der Waals surface area contributed by atoms with Gasteiger partial charge in [0.2, 0.25) is 0 Å². The van der Waals surface area contributed by atoms with E-state index in [0.29, 0.717) is 13.2 Å². The van der Waals surface area contributed by atoms with E-state index in [2.05, 4.69) is 26.1 Å². The zero-order valence-electron chi connectivity index (χ0n) is 19.3. The molecule has 1 N–H and O–H groups in total. The molecule has 0 saturated carbocycles. The minimum absolute atomic E-state index is 0.0485. The molecule has 0 spiro atoms. The average Bonchev–Trinajstić information content (AvgIpc) is 3.56. The molecule has 0 bridgehead atoms. The highest BCUT2D eigenvalue weighted by atomic mass is 19.1. The van der Waals surface area contributed by atoms with Gasteiger partial charge in [-0.25, -0.2) is 18.4 Å². The van der Waals surface area contributed by atoms with E-state index in [9.17, 15) is 13.9 Å². The van der Waals surface area contributed by atoms with Crippen LogP contribution < -0.4 is 4.90 Å². The maximum atomic E-state index is 14.9. The Bertz CT molecular complexity index is 1290. The summed E-state index contributed by atoms with van der Waals surface area (Å²) in [6, 6.07) is 10.5. The molecule has 1 aliphatic heterocycles. The first-order valence-electron chi connectivity index (χ1n) is 11.4. The highest BCUT2D eigenvalue weighted by Crippen LogP contribution is 2.38. The second-order valence-electron chi connectivity index (χ2n) is 8.64. The fourth-order valence-electron chi connectivity index (χ4n) is 4.55. The molecule has 1 aliphatic rings. The van der Waals surface area contributed by atoms with E-state index in [1.807, 2.05) is 24.4 Å². The molecular formula is C25H26F2N6O2. The van der Waals surface area contributed by atoms with Gasteiger partial charge in [0.15, 0.2) is 0 Å². The molecule has 8 nitrogen and oxygen atoms in total. The molecular weight excluding hydrogens is 454 g/mol. The Hall–Kier alpha value is -3.63. The lowest BCUT2D eigenvalue weighted by Crippen LogP contribution is -2.40. The van der Waals surface area contributed by atoms with Crippen LogP contribution in [0.1, 0.15) is 18.5 Å². The first kappa shape index (κ1) is 23.1. The van der Waals surface area contributed by atoms with Crippen LogP contribution in [-0.4, -0.2) is 56.0 Å². The Morgan fingerprint density at radius 3 is 2.66 bits per heavy atom. The van der Waals surface area contributed by atoms with Crippen LogP contribution in [0.2, 0.25) is 0 Å². The largest absolute Gasteiger partial charge is 0.381 e. The number of aromatic nitrogens is 5. The molecule has 0 radical (unpaired) electrons. The Morgan fingerprint density at radius 1 is 1.11 bits per heavy atom. The summed E-state index contributed by atoms with van der Waals surface area (Å²) in [7, 11) is 0. The van der Waals surface area contributed by atoms with Gasteiger partial charge in [0.25, 0.3) is 0 Å². The molecule has 4 aromatic rings. The number of ether oxygens (including phenoxy) is 1. The average molecular weight is 481 g/mol. The van der Waals surface area contributed by atoms with Crippen molar-refractivity contribution in [3.8, 4) is 11.1 Å². The quantitative estimate of drug-likeness (QED) is 0.437. The molecule has 2 aromatic carbocycles. The van der Waals surface area contributed by atoms with E-state index in [-0.39, 0.29) is 12.1 Å². The number of aliphatic hydroxyl groups is 1. The molecule has 0 amide bonds. The maximum absolute atomic E-state index is 14.9. The number of hydrogen-bond donors (Lipinski definition) is 1. The number of rotatable bonds is 7. The lowest BCUT2D eigenvalue weighted by molar-refractivity contribution is -0.0368. The smallest absolute Gasteiger partial charge is 0.137 e. The maximum Gasteiger partial charge on any atom is 0.137 e. The predicted octanol–water partition coefficient (Wildman–Crippen LogP) is 3.41. The molecule has 0 unspecified atom stereocenters. The highest BCUT2D eigenvalue weighted by Gasteiger charge is 2.41. The van der Waals surface area contributed by atoms with Gasteiger partial charge in [-0.05, 0) is 19.1 Å². The number of benzene rings is 2. The lowest BCUT2D eigenvalue weighted by atomic mass is 9.86. The molecule has 2 atom stereocenters. The zero-order valence-corrected chi connectivity index (χ0v) is 19.3. The third-order valence-electron chi connectivity index (χ3n) is 6.52. The third kappa shape index (κ3) is 4.54. The SMILES string of the molecule is C[C@@H](n1cc(-c2ccccc2N2CCOCC2)cn1)[C@](O)(Cn1cncn1)c1ccc(F)cc1F. The lowest BCUT2D eigenvalue weighted by Gasteiger charge is -2.34. The zero-order chi connectivity index (χ0) is 24.4. The van der Waals surface area contributed by atoms with Crippen molar-refractivity contribution in [2.75, 3.05) is 31.2 Å². The summed E-state index contributed by atoms with van der Waals surface area (Å²) < 4.78 is 37.0. The topological polar surface area (TPSA) is 81.2 Å². The summed E-state index contributed by atoms with van der Waals surface area (Å²) in [4.78, 5) is 6.19. The normalized spacial score (nSPS) is 16.7. The van der Waals surface area contributed by atoms with Crippen molar-refractivity contribution in [3.05, 3.63) is 84.7 Å². The second-order valence-corrected chi connectivity index (χ2v) is 8.64. The van der Waals surface area contributed by atoms with Crippen LogP contribution in [0, 0.1) is 11.6 Å². The Balaban J connectivity index is 1.52. The summed E-state index contributed by atoms with van der Waals surface area (Å²) in [6.45, 7) is 4.57. The summed E-state index contributed by atoms with van der Waals surface area (Å²) >= 11 is 0. The number of morpholine rings is 1. The first-order valence-corrected chi connectivity index (χ1v) is 11.4. The van der Waals surface area contributed by atoms with Crippen molar-refractivity contribution in [2.24, 2.45) is 0 Å². The van der Waals surface area contributed by atoms with Crippen molar-refractivity contribution >= 4 is 5.69 Å². The van der Waals surface area contributed by atoms with Gasteiger partial charge in [-0.1, -0.05) is 24.3 Å². The van der Waals surface area contributed by atoms with Crippen LogP contribution in [0.4, 0.5) is 14.5 Å². The fourth-order valence-corrected chi connectivity index (χ4v) is 4.55. The Labute approximate surface area is 201 Å². The van der Waals surface area contributed by atoms with Gasteiger partial charge in [-0.2, -0.15) is 10.2 Å². The molecule has 1 fully saturated rings. The Kier molecular flexibility index (Phi) is 6.31. The molecule has 35 heavy (non-hydrogen) atoms. The standard InChI is InChI=1S/C25H26F2N6O2/c1-18(25(34,15-32-17-28-16-30-32)22-7-6-20(26)12-23(22)27)33-14-19(13-29-33)21-4-2-3-5-24(21)31-8-10-35-11-9-31/h2-7,12-14,16-18,34H,8-11,15H2,1H3/t18-,25-/m1/s1. The van der Waals surface area contributed by atoms with Crippen LogP contribution >= 0.6 is 0 Å². The van der Waals surface area contributed by atoms with Gasteiger partial charge in [-0.15, -0.1) is 0 Å². The van der Waals surface area contributed by atoms with E-state index in [1.165, 1.54) is 23.4 Å². The molecule has 0 aliphatic carbocycles. The van der Waals surface area contributed by atoms with Gasteiger partial charge < -0.3 is 14.7 Å². The molecule has 2 aromatic heterocycles. The molecule has 1 saturated heterocycles. The van der Waals surface area contributed by atoms with Crippen molar-refractivity contribution in [3.63, 3.8) is 0 Å². The van der Waals surface area contributed by atoms with E-state index in [4.69, 9.17) is 4.74 Å². The minimum atomic E-state index is -1.79. The van der Waals surface area contributed by atoms with Gasteiger partial charge in [0, 0.05) is 47.7 Å². The minimum Gasteiger partial charge on any atom is -0.381 e. The first-order chi connectivity index (χ1) is 17.0. The van der Waals surface area contributed by atoms with Crippen molar-refractivity contribution in [2.45, 2.75) is 25.1 Å². The summed E-state index contributed by atoms with van der Waals surface area (Å²) in [5, 5.41) is 20.4. The van der Waals surface area contributed by atoms with Crippen LogP contribution in [0.5, 0.6) is 0 Å². The molecule has 3 heterocycles. The van der Waals surface area contributed by atoms with Crippen molar-refractivity contribution < 1.29 is 18.6 Å². The summed E-state index contributed by atoms with van der Waals surface area (Å²) in [6.07, 6.45) is 6.33. The summed E-state index contributed by atoms with van der Waals surface area (Å²) in [5.74, 6) is -1.56. The third-order valence-corrected chi connectivity index (χ3v) is 6.52. The highest BCUT2D eigenvalue weighted by molar-refractivity contribution is 5.78. The van der Waals surface area contributed by atoms with Crippen LogP contribution in [0.25, 0.3) is 11.1 Å². The predicted molar refractivity (Wildman–Crippen MR) is 126 cm³/mol. The van der Waals surface area contributed by atoms with E-state index < -0.39 is 23.3 Å². The van der Waals surface area contributed by atoms with Crippen LogP contribution in [0.3, 0.4) is 0 Å². The van der Waals surface area contributed by atoms with E-state index in [1.54, 1.807) is 17.8 Å². The monoisotopic (exact) mass is 480 g/mol. The number of hydrogen-bond acceptors (Lipinski definition) is 6. The second kappa shape index (κ2) is 9.55. The van der Waals surface area contributed by atoms with Gasteiger partial charge in [0.05, 0.1) is 32.0 Å². The van der Waals surface area contributed by atoms with Gasteiger partial charge >= 0.3 is 0 Å². The number of nitrogens with zero attached hydrogens (tertiary/aromatic N) is 6. The molecule has 5 rings (SSSR count). The van der Waals surface area contributed by atoms with Crippen molar-refractivity contribution in [1.29, 1.82) is 0 Å². The van der Waals surface area contributed by atoms with Gasteiger partial charge in [-0.3, -0.25) is 4.68 Å². The number of anilines is 1. The van der Waals surface area contributed by atoms with E-state index >= 15 is 0 Å². The van der Waals surface area contributed by atoms with Crippen molar-refractivity contribution in [1.82, 2.24) is 24.5 Å². The van der Waals surface area contributed by atoms with Crippen LogP contribution in [-0.2, 0) is 16.9 Å². The number of halogens is 2. The molecule has 10 heteroatoms. The summed E-state index contributed by atoms with van der Waals surface area (Å²) in [5.41, 5.74) is 1.10. The number of para-hydroxylation sites is 1. The van der Waals surface area contributed by atoms with Crippen LogP contribution in [0.15, 0.2) is 67.5 Å². The van der Waals surface area contributed by atoms with Gasteiger partial charge in [0.1, 0.15) is 29.9 Å². The molecule has 182 valence electrons. The van der Waals surface area contributed by atoms with E-state index in [0.717, 1.165) is 42.0 Å². The Morgan fingerprint density at radius 2 is 1.91 bits per heavy atom. The fraction of sp³-hybridized carbons (Fsp3) is 0.320.